The molecule has 3 rings (SSSR count). The highest BCUT2D eigenvalue weighted by Gasteiger charge is 2.25. The van der Waals surface area contributed by atoms with Gasteiger partial charge in [-0.3, -0.25) is 9.69 Å². The molecule has 27 heavy (non-hydrogen) atoms. The standard InChI is InChI=1S/C18H26N8O/c19-2-5-23-6-10-25(11-7-23)17(27)16(14-20)15-24-8-12-26(13-9-24)18-21-3-1-4-22-18/h1,3-4,15H,2,5-13,19H2/b16-15-. The molecule has 9 nitrogen and oxygen atoms in total. The second-order valence-corrected chi connectivity index (χ2v) is 6.65. The third-order valence-corrected chi connectivity index (χ3v) is 4.92. The number of nitrogens with two attached hydrogens (primary N) is 1. The van der Waals surface area contributed by atoms with Gasteiger partial charge in [-0.1, -0.05) is 0 Å². The Morgan fingerprint density at radius 3 is 2.37 bits per heavy atom. The summed E-state index contributed by atoms with van der Waals surface area (Å²) in [6.45, 7) is 7.30. The van der Waals surface area contributed by atoms with E-state index in [0.717, 1.165) is 45.8 Å². The van der Waals surface area contributed by atoms with Crippen LogP contribution in [0.3, 0.4) is 0 Å². The first kappa shape index (κ1) is 19.1. The Morgan fingerprint density at radius 1 is 1.11 bits per heavy atom. The van der Waals surface area contributed by atoms with Crippen LogP contribution in [0.2, 0.25) is 0 Å². The zero-order chi connectivity index (χ0) is 19.1. The molecule has 9 heteroatoms. The second kappa shape index (κ2) is 9.30. The lowest BCUT2D eigenvalue weighted by Crippen LogP contribution is -2.50. The number of nitrogens with zero attached hydrogens (tertiary/aromatic N) is 7. The van der Waals surface area contributed by atoms with Crippen molar-refractivity contribution < 1.29 is 4.79 Å². The minimum atomic E-state index is -0.182. The number of aromatic nitrogens is 2. The first-order valence-electron chi connectivity index (χ1n) is 9.31. The van der Waals surface area contributed by atoms with Crippen LogP contribution in [-0.2, 0) is 4.79 Å². The van der Waals surface area contributed by atoms with Gasteiger partial charge in [0.1, 0.15) is 11.6 Å². The number of amides is 1. The first-order valence-corrected chi connectivity index (χ1v) is 9.31. The van der Waals surface area contributed by atoms with Crippen molar-refractivity contribution in [3.05, 3.63) is 30.2 Å². The number of nitriles is 1. The minimum absolute atomic E-state index is 0.182. The number of piperazine rings is 2. The molecule has 3 heterocycles. The molecule has 2 saturated heterocycles. The van der Waals surface area contributed by atoms with Crippen molar-refractivity contribution in [2.75, 3.05) is 70.3 Å². The van der Waals surface area contributed by atoms with E-state index in [1.165, 1.54) is 0 Å². The molecule has 1 amide bonds. The van der Waals surface area contributed by atoms with Crippen LogP contribution in [0.25, 0.3) is 0 Å². The van der Waals surface area contributed by atoms with Gasteiger partial charge in [0.15, 0.2) is 0 Å². The number of anilines is 1. The lowest BCUT2D eigenvalue weighted by atomic mass is 10.2. The molecule has 144 valence electrons. The van der Waals surface area contributed by atoms with Crippen molar-refractivity contribution >= 4 is 11.9 Å². The molecule has 1 aromatic rings. The maximum atomic E-state index is 12.7. The molecule has 1 aromatic heterocycles. The fourth-order valence-corrected chi connectivity index (χ4v) is 3.35. The predicted octanol–water partition coefficient (Wildman–Crippen LogP) is -0.891. The summed E-state index contributed by atoms with van der Waals surface area (Å²) in [5.74, 6) is 0.534. The highest BCUT2D eigenvalue weighted by molar-refractivity contribution is 5.97. The molecule has 2 fully saturated rings. The van der Waals surface area contributed by atoms with Gasteiger partial charge in [0.05, 0.1) is 0 Å². The molecular formula is C18H26N8O. The van der Waals surface area contributed by atoms with Crippen molar-refractivity contribution in [3.63, 3.8) is 0 Å². The van der Waals surface area contributed by atoms with Gasteiger partial charge in [0, 0.05) is 84.0 Å². The van der Waals surface area contributed by atoms with Crippen LogP contribution in [0.15, 0.2) is 30.2 Å². The van der Waals surface area contributed by atoms with Crippen molar-refractivity contribution in [3.8, 4) is 6.07 Å². The summed E-state index contributed by atoms with van der Waals surface area (Å²) >= 11 is 0. The molecule has 2 aliphatic rings. The van der Waals surface area contributed by atoms with Gasteiger partial charge in [-0.25, -0.2) is 9.97 Å². The topological polar surface area (TPSA) is 106 Å². The Morgan fingerprint density at radius 2 is 1.78 bits per heavy atom. The molecule has 0 aliphatic carbocycles. The maximum absolute atomic E-state index is 12.7. The largest absolute Gasteiger partial charge is 0.373 e. The zero-order valence-corrected chi connectivity index (χ0v) is 15.5. The van der Waals surface area contributed by atoms with E-state index in [1.807, 2.05) is 4.90 Å². The van der Waals surface area contributed by atoms with E-state index in [4.69, 9.17) is 5.73 Å². The van der Waals surface area contributed by atoms with E-state index in [9.17, 15) is 10.1 Å². The number of carbonyl (C=O) groups is 1. The van der Waals surface area contributed by atoms with E-state index in [0.29, 0.717) is 25.6 Å². The van der Waals surface area contributed by atoms with Crippen LogP contribution in [-0.4, -0.2) is 96.0 Å². The van der Waals surface area contributed by atoms with Crippen LogP contribution in [0, 0.1) is 11.3 Å². The molecule has 0 atom stereocenters. The number of rotatable bonds is 5. The average Bonchev–Trinajstić information content (AvgIpc) is 2.73. The SMILES string of the molecule is N#C/C(=C/N1CCN(c2ncccn2)CC1)C(=O)N1CCN(CCN)CC1. The lowest BCUT2D eigenvalue weighted by Gasteiger charge is -2.35. The number of carbonyl (C=O) groups excluding carboxylic acids is 1. The van der Waals surface area contributed by atoms with Gasteiger partial charge in [-0.2, -0.15) is 5.26 Å². The molecule has 0 saturated carbocycles. The smallest absolute Gasteiger partial charge is 0.266 e. The van der Waals surface area contributed by atoms with Crippen molar-refractivity contribution in [2.45, 2.75) is 0 Å². The van der Waals surface area contributed by atoms with Gasteiger partial charge in [0.2, 0.25) is 5.95 Å². The van der Waals surface area contributed by atoms with E-state index >= 15 is 0 Å². The zero-order valence-electron chi connectivity index (χ0n) is 15.5. The van der Waals surface area contributed by atoms with Gasteiger partial charge in [-0.05, 0) is 6.07 Å². The average molecular weight is 370 g/mol. The predicted molar refractivity (Wildman–Crippen MR) is 102 cm³/mol. The van der Waals surface area contributed by atoms with Crippen LogP contribution in [0.1, 0.15) is 0 Å². The molecule has 0 unspecified atom stereocenters. The monoisotopic (exact) mass is 370 g/mol. The Labute approximate surface area is 159 Å². The second-order valence-electron chi connectivity index (χ2n) is 6.65. The summed E-state index contributed by atoms with van der Waals surface area (Å²) < 4.78 is 0. The molecule has 2 aliphatic heterocycles. The molecule has 0 aromatic carbocycles. The van der Waals surface area contributed by atoms with Gasteiger partial charge in [0.25, 0.3) is 5.91 Å². The fraction of sp³-hybridized carbons (Fsp3) is 0.556. The maximum Gasteiger partial charge on any atom is 0.266 e. The summed E-state index contributed by atoms with van der Waals surface area (Å²) in [6, 6.07) is 3.88. The minimum Gasteiger partial charge on any atom is -0.373 e. The third-order valence-electron chi connectivity index (χ3n) is 4.92. The van der Waals surface area contributed by atoms with Crippen molar-refractivity contribution in [2.24, 2.45) is 5.73 Å². The third kappa shape index (κ3) is 4.93. The Balaban J connectivity index is 1.54. The molecule has 0 radical (unpaired) electrons. The van der Waals surface area contributed by atoms with Crippen LogP contribution < -0.4 is 10.6 Å². The summed E-state index contributed by atoms with van der Waals surface area (Å²) in [6.07, 6.45) is 5.17. The van der Waals surface area contributed by atoms with Crippen molar-refractivity contribution in [1.29, 1.82) is 5.26 Å². The molecule has 0 spiro atoms. The number of hydrogen-bond donors (Lipinski definition) is 1. The Bertz CT molecular complexity index is 685. The highest BCUT2D eigenvalue weighted by atomic mass is 16.2. The molecule has 0 bridgehead atoms. The molecular weight excluding hydrogens is 344 g/mol. The van der Waals surface area contributed by atoms with Gasteiger partial charge < -0.3 is 20.4 Å². The number of hydrogen-bond acceptors (Lipinski definition) is 8. The van der Waals surface area contributed by atoms with Crippen LogP contribution >= 0.6 is 0 Å². The molecule has 2 N–H and O–H groups in total. The normalized spacial score (nSPS) is 19.1. The summed E-state index contributed by atoms with van der Waals surface area (Å²) in [4.78, 5) is 29.4. The van der Waals surface area contributed by atoms with Crippen LogP contribution in [0.4, 0.5) is 5.95 Å². The van der Waals surface area contributed by atoms with Crippen molar-refractivity contribution in [1.82, 2.24) is 24.7 Å². The quantitative estimate of drug-likeness (QED) is 0.526. The summed E-state index contributed by atoms with van der Waals surface area (Å²) in [5.41, 5.74) is 5.78. The highest BCUT2D eigenvalue weighted by Crippen LogP contribution is 2.12. The lowest BCUT2D eigenvalue weighted by molar-refractivity contribution is -0.128. The van der Waals surface area contributed by atoms with E-state index in [1.54, 1.807) is 29.6 Å². The van der Waals surface area contributed by atoms with E-state index in [2.05, 4.69) is 25.8 Å². The summed E-state index contributed by atoms with van der Waals surface area (Å²) in [5, 5.41) is 9.47. The fourth-order valence-electron chi connectivity index (χ4n) is 3.35. The van der Waals surface area contributed by atoms with E-state index in [-0.39, 0.29) is 11.5 Å². The van der Waals surface area contributed by atoms with Gasteiger partial charge >= 0.3 is 0 Å². The Hall–Kier alpha value is -2.70. The van der Waals surface area contributed by atoms with Gasteiger partial charge in [-0.15, -0.1) is 0 Å². The first-order chi connectivity index (χ1) is 13.2. The summed E-state index contributed by atoms with van der Waals surface area (Å²) in [7, 11) is 0. The Kier molecular flexibility index (Phi) is 6.57. The van der Waals surface area contributed by atoms with E-state index < -0.39 is 0 Å². The van der Waals surface area contributed by atoms with Crippen LogP contribution in [0.5, 0.6) is 0 Å².